The maximum atomic E-state index is 12.5. The van der Waals surface area contributed by atoms with E-state index in [1.807, 2.05) is 0 Å². The molecule has 1 amide bonds. The van der Waals surface area contributed by atoms with Crippen molar-refractivity contribution in [3.63, 3.8) is 0 Å². The molecule has 0 radical (unpaired) electrons. The SMILES string of the molecule is CCCC1(C(=O)NCC(C)(O)CCOC)CCNCC1. The number of hydrogen-bond donors (Lipinski definition) is 3. The van der Waals surface area contributed by atoms with Crippen molar-refractivity contribution < 1.29 is 14.6 Å². The van der Waals surface area contributed by atoms with Crippen LogP contribution in [0.4, 0.5) is 0 Å². The highest BCUT2D eigenvalue weighted by atomic mass is 16.5. The van der Waals surface area contributed by atoms with Gasteiger partial charge in [-0.15, -0.1) is 0 Å². The van der Waals surface area contributed by atoms with E-state index in [4.69, 9.17) is 4.74 Å². The average molecular weight is 286 g/mol. The van der Waals surface area contributed by atoms with E-state index in [0.29, 0.717) is 13.0 Å². The second-order valence-corrected chi connectivity index (χ2v) is 6.20. The van der Waals surface area contributed by atoms with E-state index >= 15 is 0 Å². The predicted octanol–water partition coefficient (Wildman–Crippen LogP) is 1.06. The summed E-state index contributed by atoms with van der Waals surface area (Å²) < 4.78 is 4.98. The molecule has 20 heavy (non-hydrogen) atoms. The van der Waals surface area contributed by atoms with E-state index < -0.39 is 5.60 Å². The van der Waals surface area contributed by atoms with Crippen LogP contribution < -0.4 is 10.6 Å². The third-order valence-electron chi connectivity index (χ3n) is 4.25. The van der Waals surface area contributed by atoms with Gasteiger partial charge in [-0.25, -0.2) is 0 Å². The van der Waals surface area contributed by atoms with Crippen LogP contribution in [0, 0.1) is 5.41 Å². The molecular formula is C15H30N2O3. The topological polar surface area (TPSA) is 70.6 Å². The van der Waals surface area contributed by atoms with Crippen molar-refractivity contribution in [3.05, 3.63) is 0 Å². The molecule has 1 aliphatic heterocycles. The van der Waals surface area contributed by atoms with Crippen molar-refractivity contribution >= 4 is 5.91 Å². The smallest absolute Gasteiger partial charge is 0.226 e. The minimum absolute atomic E-state index is 0.0959. The predicted molar refractivity (Wildman–Crippen MR) is 79.6 cm³/mol. The molecule has 1 atom stereocenters. The average Bonchev–Trinajstić information content (AvgIpc) is 2.44. The molecular weight excluding hydrogens is 256 g/mol. The zero-order valence-electron chi connectivity index (χ0n) is 13.1. The van der Waals surface area contributed by atoms with Crippen LogP contribution in [-0.2, 0) is 9.53 Å². The molecule has 1 rings (SSSR count). The summed E-state index contributed by atoms with van der Waals surface area (Å²) in [5.41, 5.74) is -1.16. The second kappa shape index (κ2) is 7.96. The van der Waals surface area contributed by atoms with Crippen molar-refractivity contribution in [2.75, 3.05) is 33.4 Å². The molecule has 1 aliphatic rings. The molecule has 5 nitrogen and oxygen atoms in total. The molecule has 0 aromatic heterocycles. The maximum absolute atomic E-state index is 12.5. The number of methoxy groups -OCH3 is 1. The van der Waals surface area contributed by atoms with Crippen LogP contribution in [0.3, 0.4) is 0 Å². The monoisotopic (exact) mass is 286 g/mol. The van der Waals surface area contributed by atoms with Crippen LogP contribution in [0.25, 0.3) is 0 Å². The van der Waals surface area contributed by atoms with Crippen LogP contribution in [-0.4, -0.2) is 50.0 Å². The number of rotatable bonds is 8. The Labute approximate surface area is 122 Å². The zero-order chi connectivity index (χ0) is 15.1. The van der Waals surface area contributed by atoms with Crippen LogP contribution in [0.5, 0.6) is 0 Å². The fourth-order valence-corrected chi connectivity index (χ4v) is 2.84. The van der Waals surface area contributed by atoms with Gasteiger partial charge in [0.15, 0.2) is 0 Å². The number of nitrogens with one attached hydrogen (secondary N) is 2. The highest BCUT2D eigenvalue weighted by Crippen LogP contribution is 2.34. The van der Waals surface area contributed by atoms with E-state index in [1.165, 1.54) is 0 Å². The number of carbonyl (C=O) groups is 1. The van der Waals surface area contributed by atoms with Crippen molar-refractivity contribution in [2.45, 2.75) is 51.6 Å². The first-order valence-electron chi connectivity index (χ1n) is 7.66. The first-order chi connectivity index (χ1) is 9.46. The fourth-order valence-electron chi connectivity index (χ4n) is 2.84. The van der Waals surface area contributed by atoms with Gasteiger partial charge in [-0.05, 0) is 39.3 Å². The summed E-state index contributed by atoms with van der Waals surface area (Å²) in [5.74, 6) is 0.0959. The minimum Gasteiger partial charge on any atom is -0.388 e. The number of piperidine rings is 1. The van der Waals surface area contributed by atoms with E-state index in [0.717, 1.165) is 38.8 Å². The quantitative estimate of drug-likeness (QED) is 0.624. The first-order valence-corrected chi connectivity index (χ1v) is 7.66. The van der Waals surface area contributed by atoms with Crippen LogP contribution in [0.1, 0.15) is 46.0 Å². The number of aliphatic hydroxyl groups is 1. The molecule has 3 N–H and O–H groups in total. The lowest BCUT2D eigenvalue weighted by Gasteiger charge is -2.37. The summed E-state index contributed by atoms with van der Waals surface area (Å²) in [6.45, 7) is 6.43. The Morgan fingerprint density at radius 3 is 2.65 bits per heavy atom. The van der Waals surface area contributed by atoms with Gasteiger partial charge in [0.2, 0.25) is 5.91 Å². The Bertz CT molecular complexity index is 294. The van der Waals surface area contributed by atoms with E-state index in [2.05, 4.69) is 17.6 Å². The molecule has 0 saturated carbocycles. The Morgan fingerprint density at radius 2 is 2.10 bits per heavy atom. The third kappa shape index (κ3) is 5.04. The van der Waals surface area contributed by atoms with Crippen LogP contribution in [0.15, 0.2) is 0 Å². The van der Waals surface area contributed by atoms with Gasteiger partial charge < -0.3 is 20.5 Å². The summed E-state index contributed by atoms with van der Waals surface area (Å²) in [7, 11) is 1.61. The number of amides is 1. The Balaban J connectivity index is 2.54. The van der Waals surface area contributed by atoms with Gasteiger partial charge in [0.05, 0.1) is 11.0 Å². The maximum Gasteiger partial charge on any atom is 0.226 e. The molecule has 0 bridgehead atoms. The van der Waals surface area contributed by atoms with Crippen molar-refractivity contribution in [1.82, 2.24) is 10.6 Å². The van der Waals surface area contributed by atoms with Gasteiger partial charge in [0.1, 0.15) is 0 Å². The van der Waals surface area contributed by atoms with Gasteiger partial charge >= 0.3 is 0 Å². The van der Waals surface area contributed by atoms with Crippen molar-refractivity contribution in [1.29, 1.82) is 0 Å². The summed E-state index contributed by atoms with van der Waals surface area (Å²) >= 11 is 0. The van der Waals surface area contributed by atoms with E-state index in [9.17, 15) is 9.90 Å². The lowest BCUT2D eigenvalue weighted by molar-refractivity contribution is -0.134. The molecule has 0 spiro atoms. The highest BCUT2D eigenvalue weighted by Gasteiger charge is 2.39. The summed E-state index contributed by atoms with van der Waals surface area (Å²) in [6, 6.07) is 0. The van der Waals surface area contributed by atoms with Gasteiger partial charge in [-0.2, -0.15) is 0 Å². The number of carbonyl (C=O) groups excluding carboxylic acids is 1. The Kier molecular flexibility index (Phi) is 6.92. The largest absolute Gasteiger partial charge is 0.388 e. The van der Waals surface area contributed by atoms with Crippen LogP contribution >= 0.6 is 0 Å². The Morgan fingerprint density at radius 1 is 1.45 bits per heavy atom. The van der Waals surface area contributed by atoms with Gasteiger partial charge in [0, 0.05) is 26.7 Å². The van der Waals surface area contributed by atoms with E-state index in [-0.39, 0.29) is 17.9 Å². The molecule has 1 unspecified atom stereocenters. The standard InChI is InChI=1S/C15H30N2O3/c1-4-5-15(6-9-16-10-7-15)13(18)17-12-14(2,19)8-11-20-3/h16,19H,4-12H2,1-3H3,(H,17,18). The molecule has 1 saturated heterocycles. The second-order valence-electron chi connectivity index (χ2n) is 6.20. The highest BCUT2D eigenvalue weighted by molar-refractivity contribution is 5.82. The fraction of sp³-hybridized carbons (Fsp3) is 0.933. The molecule has 118 valence electrons. The summed E-state index contributed by atoms with van der Waals surface area (Å²) in [6.07, 6.45) is 4.21. The van der Waals surface area contributed by atoms with Crippen LogP contribution in [0.2, 0.25) is 0 Å². The number of hydrogen-bond acceptors (Lipinski definition) is 4. The van der Waals surface area contributed by atoms with Crippen molar-refractivity contribution in [3.8, 4) is 0 Å². The zero-order valence-corrected chi connectivity index (χ0v) is 13.1. The molecule has 0 aliphatic carbocycles. The van der Waals surface area contributed by atoms with Crippen molar-refractivity contribution in [2.24, 2.45) is 5.41 Å². The lowest BCUT2D eigenvalue weighted by Crippen LogP contribution is -2.51. The summed E-state index contributed by atoms with van der Waals surface area (Å²) in [5, 5.41) is 16.5. The molecule has 0 aromatic rings. The molecule has 0 aromatic carbocycles. The van der Waals surface area contributed by atoms with Gasteiger partial charge in [-0.3, -0.25) is 4.79 Å². The normalized spacial score (nSPS) is 21.2. The molecule has 5 heteroatoms. The Hall–Kier alpha value is -0.650. The molecule has 1 fully saturated rings. The number of ether oxygens (including phenoxy) is 1. The third-order valence-corrected chi connectivity index (χ3v) is 4.25. The first kappa shape index (κ1) is 17.4. The van der Waals surface area contributed by atoms with E-state index in [1.54, 1.807) is 14.0 Å². The minimum atomic E-state index is -0.911. The summed E-state index contributed by atoms with van der Waals surface area (Å²) in [4.78, 5) is 12.5. The van der Waals surface area contributed by atoms with Gasteiger partial charge in [0.25, 0.3) is 0 Å². The lowest BCUT2D eigenvalue weighted by atomic mass is 9.74. The molecule has 1 heterocycles. The van der Waals surface area contributed by atoms with Gasteiger partial charge in [-0.1, -0.05) is 13.3 Å².